The Hall–Kier alpha value is -3.02. The van der Waals surface area contributed by atoms with Crippen molar-refractivity contribution in [1.29, 1.82) is 0 Å². The van der Waals surface area contributed by atoms with E-state index in [-0.39, 0.29) is 5.91 Å². The smallest absolute Gasteiger partial charge is 0.339 e. The van der Waals surface area contributed by atoms with Crippen LogP contribution in [0.15, 0.2) is 42.5 Å². The van der Waals surface area contributed by atoms with Gasteiger partial charge in [0, 0.05) is 12.1 Å². The summed E-state index contributed by atoms with van der Waals surface area (Å²) in [4.78, 5) is 24.6. The summed E-state index contributed by atoms with van der Waals surface area (Å²) in [5.41, 5.74) is 2.16. The van der Waals surface area contributed by atoms with Crippen molar-refractivity contribution in [3.8, 4) is 11.5 Å². The lowest BCUT2D eigenvalue weighted by atomic mass is 10.1. The minimum Gasteiger partial charge on any atom is -0.490 e. The van der Waals surface area contributed by atoms with Gasteiger partial charge in [-0.15, -0.1) is 0 Å². The van der Waals surface area contributed by atoms with E-state index in [0.29, 0.717) is 36.0 Å². The minimum atomic E-state index is -0.931. The molecule has 1 amide bonds. The fourth-order valence-electron chi connectivity index (χ4n) is 2.64. The van der Waals surface area contributed by atoms with E-state index in [1.165, 1.54) is 12.5 Å². The highest BCUT2D eigenvalue weighted by Crippen LogP contribution is 2.30. The van der Waals surface area contributed by atoms with Gasteiger partial charge in [0.05, 0.1) is 18.8 Å². The van der Waals surface area contributed by atoms with Crippen molar-refractivity contribution in [2.45, 2.75) is 32.8 Å². The second-order valence-corrected chi connectivity index (χ2v) is 6.30. The number of benzene rings is 2. The topological polar surface area (TPSA) is 73.9 Å². The monoisotopic (exact) mass is 369 g/mol. The van der Waals surface area contributed by atoms with E-state index in [0.717, 1.165) is 12.8 Å². The Morgan fingerprint density at radius 1 is 1.07 bits per heavy atom. The van der Waals surface area contributed by atoms with Gasteiger partial charge >= 0.3 is 5.97 Å². The summed E-state index contributed by atoms with van der Waals surface area (Å²) in [6.07, 6.45) is 0.780. The first-order valence-corrected chi connectivity index (χ1v) is 9.07. The molecule has 27 heavy (non-hydrogen) atoms. The molecule has 6 heteroatoms. The number of aryl methyl sites for hydroxylation is 1. The number of hydrogen-bond acceptors (Lipinski definition) is 5. The highest BCUT2D eigenvalue weighted by Gasteiger charge is 2.21. The van der Waals surface area contributed by atoms with Crippen LogP contribution in [0, 0.1) is 0 Å². The summed E-state index contributed by atoms with van der Waals surface area (Å²) in [5, 5.41) is 2.75. The molecular formula is C21H23NO5. The molecule has 0 saturated heterocycles. The molecule has 0 spiro atoms. The molecule has 0 aliphatic carbocycles. The fourth-order valence-corrected chi connectivity index (χ4v) is 2.64. The summed E-state index contributed by atoms with van der Waals surface area (Å²) >= 11 is 0. The lowest BCUT2D eigenvalue weighted by Gasteiger charge is -2.14. The lowest BCUT2D eigenvalue weighted by molar-refractivity contribution is -0.123. The van der Waals surface area contributed by atoms with Gasteiger partial charge < -0.3 is 19.5 Å². The van der Waals surface area contributed by atoms with Gasteiger partial charge in [0.25, 0.3) is 5.91 Å². The maximum absolute atomic E-state index is 12.4. The molecule has 0 radical (unpaired) electrons. The number of rotatable bonds is 5. The van der Waals surface area contributed by atoms with E-state index in [2.05, 4.69) is 12.2 Å². The van der Waals surface area contributed by atoms with Crippen LogP contribution in [0.1, 0.15) is 36.2 Å². The van der Waals surface area contributed by atoms with E-state index >= 15 is 0 Å². The van der Waals surface area contributed by atoms with Gasteiger partial charge in [-0.25, -0.2) is 4.79 Å². The van der Waals surface area contributed by atoms with Crippen LogP contribution in [0.2, 0.25) is 0 Å². The Balaban J connectivity index is 1.60. The second-order valence-electron chi connectivity index (χ2n) is 6.30. The maximum Gasteiger partial charge on any atom is 0.339 e. The molecule has 0 saturated carbocycles. The summed E-state index contributed by atoms with van der Waals surface area (Å²) in [6.45, 7) is 4.71. The molecule has 1 aliphatic heterocycles. The molecular weight excluding hydrogens is 346 g/mol. The van der Waals surface area contributed by atoms with Crippen LogP contribution in [0.4, 0.5) is 5.69 Å². The number of esters is 1. The van der Waals surface area contributed by atoms with Crippen molar-refractivity contribution < 1.29 is 23.8 Å². The molecule has 2 aromatic carbocycles. The van der Waals surface area contributed by atoms with Gasteiger partial charge in [-0.05, 0) is 49.2 Å². The van der Waals surface area contributed by atoms with Crippen LogP contribution < -0.4 is 14.8 Å². The molecule has 1 heterocycles. The third-order valence-corrected chi connectivity index (χ3v) is 4.27. The summed E-state index contributed by atoms with van der Waals surface area (Å²) in [6, 6.07) is 12.4. The molecule has 142 valence electrons. The number of nitrogens with one attached hydrogen (secondary N) is 1. The SMILES string of the molecule is CCc1ccc(NC(=O)C(C)OC(=O)c2ccc3c(c2)OCCCO3)cc1. The van der Waals surface area contributed by atoms with Crippen LogP contribution in [-0.4, -0.2) is 31.2 Å². The highest BCUT2D eigenvalue weighted by atomic mass is 16.5. The Morgan fingerprint density at radius 2 is 1.78 bits per heavy atom. The average Bonchev–Trinajstić information content (AvgIpc) is 2.93. The predicted octanol–water partition coefficient (Wildman–Crippen LogP) is 3.59. The molecule has 1 N–H and O–H groups in total. The van der Waals surface area contributed by atoms with Gasteiger partial charge in [-0.1, -0.05) is 19.1 Å². The van der Waals surface area contributed by atoms with Gasteiger partial charge in [0.15, 0.2) is 17.6 Å². The molecule has 1 unspecified atom stereocenters. The zero-order valence-electron chi connectivity index (χ0n) is 15.5. The second kappa shape index (κ2) is 8.58. The minimum absolute atomic E-state index is 0.311. The number of fused-ring (bicyclic) bond motifs is 1. The van der Waals surface area contributed by atoms with E-state index in [9.17, 15) is 9.59 Å². The number of anilines is 1. The third kappa shape index (κ3) is 4.78. The maximum atomic E-state index is 12.4. The van der Waals surface area contributed by atoms with Crippen LogP contribution in [0.3, 0.4) is 0 Å². The Bertz CT molecular complexity index is 816. The zero-order chi connectivity index (χ0) is 19.2. The van der Waals surface area contributed by atoms with Crippen molar-refractivity contribution in [1.82, 2.24) is 0 Å². The lowest BCUT2D eigenvalue weighted by Crippen LogP contribution is -2.30. The van der Waals surface area contributed by atoms with Crippen molar-refractivity contribution in [2.75, 3.05) is 18.5 Å². The largest absolute Gasteiger partial charge is 0.490 e. The van der Waals surface area contributed by atoms with E-state index in [1.54, 1.807) is 18.2 Å². The number of amides is 1. The Kier molecular flexibility index (Phi) is 5.96. The van der Waals surface area contributed by atoms with E-state index in [1.807, 2.05) is 24.3 Å². The van der Waals surface area contributed by atoms with Gasteiger partial charge in [-0.3, -0.25) is 4.79 Å². The standard InChI is InChI=1S/C21H23NO5/c1-3-15-5-8-17(9-6-15)22-20(23)14(2)27-21(24)16-7-10-18-19(13-16)26-12-4-11-25-18/h5-10,13-14H,3-4,11-12H2,1-2H3,(H,22,23). The average molecular weight is 369 g/mol. The van der Waals surface area contributed by atoms with Crippen molar-refractivity contribution in [3.63, 3.8) is 0 Å². The molecule has 1 aliphatic rings. The number of carbonyl (C=O) groups excluding carboxylic acids is 2. The normalized spacial score (nSPS) is 14.0. The summed E-state index contributed by atoms with van der Waals surface area (Å²) in [7, 11) is 0. The first-order chi connectivity index (χ1) is 13.1. The highest BCUT2D eigenvalue weighted by molar-refractivity contribution is 5.97. The number of hydrogen-bond donors (Lipinski definition) is 1. The van der Waals surface area contributed by atoms with Crippen molar-refractivity contribution in [2.24, 2.45) is 0 Å². The summed E-state index contributed by atoms with van der Waals surface area (Å²) < 4.78 is 16.4. The van der Waals surface area contributed by atoms with E-state index < -0.39 is 12.1 Å². The molecule has 0 bridgehead atoms. The van der Waals surface area contributed by atoms with Gasteiger partial charge in [0.2, 0.25) is 0 Å². The van der Waals surface area contributed by atoms with Crippen LogP contribution >= 0.6 is 0 Å². The quantitative estimate of drug-likeness (QED) is 0.815. The van der Waals surface area contributed by atoms with Crippen LogP contribution in [-0.2, 0) is 16.0 Å². The molecule has 2 aromatic rings. The number of carbonyl (C=O) groups is 2. The zero-order valence-corrected chi connectivity index (χ0v) is 15.5. The third-order valence-electron chi connectivity index (χ3n) is 4.27. The molecule has 3 rings (SSSR count). The Morgan fingerprint density at radius 3 is 2.48 bits per heavy atom. The van der Waals surface area contributed by atoms with Gasteiger partial charge in [-0.2, -0.15) is 0 Å². The van der Waals surface area contributed by atoms with E-state index in [4.69, 9.17) is 14.2 Å². The first kappa shape index (κ1) is 18.8. The summed E-state index contributed by atoms with van der Waals surface area (Å²) in [5.74, 6) is 0.136. The van der Waals surface area contributed by atoms with Crippen LogP contribution in [0.25, 0.3) is 0 Å². The fraction of sp³-hybridized carbons (Fsp3) is 0.333. The van der Waals surface area contributed by atoms with Crippen molar-refractivity contribution in [3.05, 3.63) is 53.6 Å². The van der Waals surface area contributed by atoms with Gasteiger partial charge in [0.1, 0.15) is 0 Å². The molecule has 6 nitrogen and oxygen atoms in total. The van der Waals surface area contributed by atoms with Crippen molar-refractivity contribution >= 4 is 17.6 Å². The van der Waals surface area contributed by atoms with Crippen LogP contribution in [0.5, 0.6) is 11.5 Å². The number of ether oxygens (including phenoxy) is 3. The Labute approximate surface area is 158 Å². The predicted molar refractivity (Wildman–Crippen MR) is 101 cm³/mol. The molecule has 0 fully saturated rings. The first-order valence-electron chi connectivity index (χ1n) is 9.07. The molecule has 1 atom stereocenters. The molecule has 0 aromatic heterocycles.